The van der Waals surface area contributed by atoms with Gasteiger partial charge in [-0.2, -0.15) is 5.10 Å². The Balaban J connectivity index is 2.06. The van der Waals surface area contributed by atoms with Crippen LogP contribution in [0.15, 0.2) is 41.1 Å². The van der Waals surface area contributed by atoms with Gasteiger partial charge < -0.3 is 11.1 Å². The fourth-order valence-corrected chi connectivity index (χ4v) is 2.45. The van der Waals surface area contributed by atoms with Gasteiger partial charge in [0.25, 0.3) is 5.91 Å². The van der Waals surface area contributed by atoms with Crippen molar-refractivity contribution < 1.29 is 4.79 Å². The first kappa shape index (κ1) is 16.7. The number of benzene rings is 1. The summed E-state index contributed by atoms with van der Waals surface area (Å²) in [4.78, 5) is 12.2. The molecule has 2 rings (SSSR count). The van der Waals surface area contributed by atoms with Gasteiger partial charge in [0, 0.05) is 22.8 Å². The van der Waals surface area contributed by atoms with E-state index in [1.807, 2.05) is 38.1 Å². The molecule has 0 saturated carbocycles. The third kappa shape index (κ3) is 3.96. The zero-order valence-electron chi connectivity index (χ0n) is 12.8. The Kier molecular flexibility index (Phi) is 5.37. The van der Waals surface area contributed by atoms with Gasteiger partial charge in [-0.15, -0.1) is 0 Å². The van der Waals surface area contributed by atoms with Crippen molar-refractivity contribution in [1.29, 1.82) is 0 Å². The number of nitrogens with zero attached hydrogens (tertiary/aromatic N) is 2. The minimum Gasteiger partial charge on any atom is -0.350 e. The summed E-state index contributed by atoms with van der Waals surface area (Å²) in [5.74, 6) is -0.155. The number of hydrogen-bond donors (Lipinski definition) is 2. The van der Waals surface area contributed by atoms with E-state index in [0.29, 0.717) is 12.1 Å². The lowest BCUT2D eigenvalue weighted by Gasteiger charge is -2.26. The predicted octanol–water partition coefficient (Wildman–Crippen LogP) is 2.88. The topological polar surface area (TPSA) is 72.9 Å². The molecule has 0 bridgehead atoms. The Morgan fingerprint density at radius 3 is 2.77 bits per heavy atom. The van der Waals surface area contributed by atoms with Crippen molar-refractivity contribution in [2.75, 3.05) is 6.54 Å². The third-order valence-electron chi connectivity index (χ3n) is 3.93. The van der Waals surface area contributed by atoms with Crippen molar-refractivity contribution >= 4 is 21.8 Å². The molecule has 1 aromatic heterocycles. The van der Waals surface area contributed by atoms with Crippen LogP contribution < -0.4 is 11.1 Å². The molecule has 0 atom stereocenters. The van der Waals surface area contributed by atoms with Gasteiger partial charge in [-0.1, -0.05) is 35.8 Å². The Labute approximate surface area is 139 Å². The highest BCUT2D eigenvalue weighted by molar-refractivity contribution is 9.10. The first-order valence-electron chi connectivity index (χ1n) is 7.35. The number of halogens is 1. The lowest BCUT2D eigenvalue weighted by molar-refractivity contribution is 0.0942. The Hall–Kier alpha value is -1.66. The molecule has 118 valence electrons. The Morgan fingerprint density at radius 1 is 1.41 bits per heavy atom. The number of aromatic nitrogens is 2. The van der Waals surface area contributed by atoms with E-state index < -0.39 is 0 Å². The molecule has 0 saturated heterocycles. The summed E-state index contributed by atoms with van der Waals surface area (Å²) in [6, 6.07) is 7.73. The first-order valence-corrected chi connectivity index (χ1v) is 8.14. The third-order valence-corrected chi connectivity index (χ3v) is 4.42. The molecule has 1 heterocycles. The number of nitrogens with one attached hydrogen (secondary N) is 1. The molecule has 0 aliphatic rings. The van der Waals surface area contributed by atoms with Gasteiger partial charge in [0.05, 0.1) is 17.4 Å². The SMILES string of the molecule is CCC(N)(CC)CNC(=O)c1cnn(-c2cccc(Br)c2)c1. The van der Waals surface area contributed by atoms with E-state index in [9.17, 15) is 4.79 Å². The van der Waals surface area contributed by atoms with Crippen LogP contribution in [0.1, 0.15) is 37.0 Å². The Morgan fingerprint density at radius 2 is 2.14 bits per heavy atom. The van der Waals surface area contributed by atoms with Crippen LogP contribution in [0.5, 0.6) is 0 Å². The zero-order valence-corrected chi connectivity index (χ0v) is 14.4. The van der Waals surface area contributed by atoms with E-state index in [2.05, 4.69) is 26.3 Å². The maximum Gasteiger partial charge on any atom is 0.254 e. The molecule has 22 heavy (non-hydrogen) atoms. The molecule has 5 nitrogen and oxygen atoms in total. The van der Waals surface area contributed by atoms with Crippen LogP contribution in [0.4, 0.5) is 0 Å². The van der Waals surface area contributed by atoms with Crippen LogP contribution in [-0.2, 0) is 0 Å². The molecule has 0 radical (unpaired) electrons. The summed E-state index contributed by atoms with van der Waals surface area (Å²) in [7, 11) is 0. The number of hydrogen-bond acceptors (Lipinski definition) is 3. The highest BCUT2D eigenvalue weighted by Crippen LogP contribution is 2.15. The average molecular weight is 365 g/mol. The second kappa shape index (κ2) is 7.07. The van der Waals surface area contributed by atoms with E-state index in [0.717, 1.165) is 23.0 Å². The smallest absolute Gasteiger partial charge is 0.254 e. The fraction of sp³-hybridized carbons (Fsp3) is 0.375. The average Bonchev–Trinajstić information content (AvgIpc) is 3.02. The molecule has 0 aliphatic carbocycles. The van der Waals surface area contributed by atoms with E-state index >= 15 is 0 Å². The molecule has 2 aromatic rings. The number of carbonyl (C=O) groups excluding carboxylic acids is 1. The highest BCUT2D eigenvalue weighted by atomic mass is 79.9. The normalized spacial score (nSPS) is 11.5. The number of amides is 1. The lowest BCUT2D eigenvalue weighted by Crippen LogP contribution is -2.49. The quantitative estimate of drug-likeness (QED) is 0.827. The number of rotatable bonds is 6. The largest absolute Gasteiger partial charge is 0.350 e. The molecule has 1 amide bonds. The van der Waals surface area contributed by atoms with E-state index in [1.54, 1.807) is 17.1 Å². The molecule has 1 aromatic carbocycles. The lowest BCUT2D eigenvalue weighted by atomic mass is 9.94. The fourth-order valence-electron chi connectivity index (χ4n) is 2.06. The van der Waals surface area contributed by atoms with Crippen molar-refractivity contribution in [2.24, 2.45) is 5.73 Å². The van der Waals surface area contributed by atoms with Crippen LogP contribution >= 0.6 is 15.9 Å². The van der Waals surface area contributed by atoms with Crippen LogP contribution in [0, 0.1) is 0 Å². The first-order chi connectivity index (χ1) is 10.5. The summed E-state index contributed by atoms with van der Waals surface area (Å²) in [6.45, 7) is 4.52. The van der Waals surface area contributed by atoms with Crippen molar-refractivity contribution in [3.63, 3.8) is 0 Å². The second-order valence-corrected chi connectivity index (χ2v) is 6.32. The Bertz CT molecular complexity index is 649. The molecule has 3 N–H and O–H groups in total. The second-order valence-electron chi connectivity index (χ2n) is 5.41. The van der Waals surface area contributed by atoms with Gasteiger partial charge in [-0.25, -0.2) is 4.68 Å². The molecule has 0 unspecified atom stereocenters. The van der Waals surface area contributed by atoms with Crippen LogP contribution in [-0.4, -0.2) is 27.8 Å². The molecular weight excluding hydrogens is 344 g/mol. The van der Waals surface area contributed by atoms with Gasteiger partial charge in [-0.3, -0.25) is 4.79 Å². The standard InChI is InChI=1S/C16H21BrN4O/c1-3-16(18,4-2)11-19-15(22)12-9-20-21(10-12)14-7-5-6-13(17)8-14/h5-10H,3-4,11,18H2,1-2H3,(H,19,22). The van der Waals surface area contributed by atoms with Gasteiger partial charge in [0.1, 0.15) is 0 Å². The summed E-state index contributed by atoms with van der Waals surface area (Å²) >= 11 is 3.42. The van der Waals surface area contributed by atoms with Gasteiger partial charge in [-0.05, 0) is 31.0 Å². The van der Waals surface area contributed by atoms with Crippen molar-refractivity contribution in [2.45, 2.75) is 32.2 Å². The molecule has 0 spiro atoms. The monoisotopic (exact) mass is 364 g/mol. The van der Waals surface area contributed by atoms with Crippen molar-refractivity contribution in [3.8, 4) is 5.69 Å². The molecule has 6 heteroatoms. The maximum atomic E-state index is 12.2. The van der Waals surface area contributed by atoms with Gasteiger partial charge in [0.2, 0.25) is 0 Å². The van der Waals surface area contributed by atoms with Gasteiger partial charge in [0.15, 0.2) is 0 Å². The number of carbonyl (C=O) groups is 1. The summed E-state index contributed by atoms with van der Waals surface area (Å²) in [6.07, 6.45) is 4.92. The molecule has 0 aliphatic heterocycles. The highest BCUT2D eigenvalue weighted by Gasteiger charge is 2.21. The van der Waals surface area contributed by atoms with Crippen LogP contribution in [0.2, 0.25) is 0 Å². The predicted molar refractivity (Wildman–Crippen MR) is 91.1 cm³/mol. The van der Waals surface area contributed by atoms with Crippen LogP contribution in [0.25, 0.3) is 5.69 Å². The molecule has 0 fully saturated rings. The summed E-state index contributed by atoms with van der Waals surface area (Å²) < 4.78 is 2.64. The summed E-state index contributed by atoms with van der Waals surface area (Å²) in [5.41, 5.74) is 7.26. The minimum absolute atomic E-state index is 0.155. The van der Waals surface area contributed by atoms with Gasteiger partial charge >= 0.3 is 0 Å². The number of nitrogens with two attached hydrogens (primary N) is 1. The summed E-state index contributed by atoms with van der Waals surface area (Å²) in [5, 5.41) is 7.13. The minimum atomic E-state index is -0.351. The zero-order chi connectivity index (χ0) is 16.2. The van der Waals surface area contributed by atoms with E-state index in [4.69, 9.17) is 5.73 Å². The molecular formula is C16H21BrN4O. The maximum absolute atomic E-state index is 12.2. The van der Waals surface area contributed by atoms with E-state index in [-0.39, 0.29) is 11.4 Å². The van der Waals surface area contributed by atoms with Crippen LogP contribution in [0.3, 0.4) is 0 Å². The van der Waals surface area contributed by atoms with Crippen molar-refractivity contribution in [1.82, 2.24) is 15.1 Å². The van der Waals surface area contributed by atoms with E-state index in [1.165, 1.54) is 0 Å². The van der Waals surface area contributed by atoms with Crippen molar-refractivity contribution in [3.05, 3.63) is 46.7 Å².